The van der Waals surface area contributed by atoms with Crippen LogP contribution in [-0.4, -0.2) is 46.9 Å². The maximum Gasteiger partial charge on any atom is 0.270 e. The molecule has 9 heteroatoms. The number of nitro benzene ring substituents is 1. The zero-order chi connectivity index (χ0) is 21.5. The van der Waals surface area contributed by atoms with E-state index in [-0.39, 0.29) is 11.6 Å². The number of hydrogen-bond acceptors (Lipinski definition) is 7. The highest BCUT2D eigenvalue weighted by molar-refractivity contribution is 7.22. The quantitative estimate of drug-likeness (QED) is 0.324. The summed E-state index contributed by atoms with van der Waals surface area (Å²) in [6.45, 7) is 4.88. The van der Waals surface area contributed by atoms with Crippen LogP contribution in [0.2, 0.25) is 0 Å². The molecular formula is C22H20N4O3S2. The third-order valence-electron chi connectivity index (χ3n) is 5.63. The minimum atomic E-state index is -0.413. The molecule has 31 heavy (non-hydrogen) atoms. The maximum absolute atomic E-state index is 13.0. The largest absolute Gasteiger partial charge is 0.345 e. The summed E-state index contributed by atoms with van der Waals surface area (Å²) >= 11 is 3.09. The Labute approximate surface area is 186 Å². The number of anilines is 1. The second-order valence-corrected chi connectivity index (χ2v) is 9.58. The van der Waals surface area contributed by atoms with Gasteiger partial charge in [0.15, 0.2) is 5.13 Å². The van der Waals surface area contributed by atoms with Gasteiger partial charge in [-0.05, 0) is 30.2 Å². The number of benzene rings is 2. The van der Waals surface area contributed by atoms with Gasteiger partial charge in [0.05, 0.1) is 20.0 Å². The van der Waals surface area contributed by atoms with Gasteiger partial charge in [-0.25, -0.2) is 4.98 Å². The van der Waals surface area contributed by atoms with Gasteiger partial charge in [-0.3, -0.25) is 14.9 Å². The zero-order valence-corrected chi connectivity index (χ0v) is 18.5. The van der Waals surface area contributed by atoms with Crippen molar-refractivity contribution in [2.45, 2.75) is 13.3 Å². The average Bonchev–Trinajstić information content (AvgIpc) is 3.42. The van der Waals surface area contributed by atoms with E-state index in [1.165, 1.54) is 33.7 Å². The average molecular weight is 453 g/mol. The Morgan fingerprint density at radius 1 is 1.10 bits per heavy atom. The van der Waals surface area contributed by atoms with E-state index in [0.717, 1.165) is 40.2 Å². The van der Waals surface area contributed by atoms with Gasteiger partial charge < -0.3 is 9.80 Å². The van der Waals surface area contributed by atoms with E-state index in [1.54, 1.807) is 23.5 Å². The Bertz CT molecular complexity index is 1300. The number of thiophene rings is 1. The fourth-order valence-electron chi connectivity index (χ4n) is 3.92. The van der Waals surface area contributed by atoms with Crippen LogP contribution < -0.4 is 4.90 Å². The lowest BCUT2D eigenvalue weighted by Gasteiger charge is -2.34. The highest BCUT2D eigenvalue weighted by Gasteiger charge is 2.25. The number of rotatable bonds is 4. The van der Waals surface area contributed by atoms with Crippen LogP contribution in [0.3, 0.4) is 0 Å². The molecule has 4 aromatic rings. The topological polar surface area (TPSA) is 79.6 Å². The lowest BCUT2D eigenvalue weighted by atomic mass is 10.1. The molecule has 0 atom stereocenters. The molecular weight excluding hydrogens is 432 g/mol. The van der Waals surface area contributed by atoms with E-state index in [1.807, 2.05) is 4.90 Å². The monoisotopic (exact) mass is 452 g/mol. The number of thiazole rings is 1. The number of amides is 1. The second kappa shape index (κ2) is 7.90. The Kier molecular flexibility index (Phi) is 5.07. The fraction of sp³-hybridized carbons (Fsp3) is 0.273. The first kappa shape index (κ1) is 19.9. The third-order valence-corrected chi connectivity index (χ3v) is 7.82. The summed E-state index contributed by atoms with van der Waals surface area (Å²) in [5.41, 5.74) is 2.39. The van der Waals surface area contributed by atoms with Gasteiger partial charge in [-0.2, -0.15) is 0 Å². The molecule has 1 fully saturated rings. The van der Waals surface area contributed by atoms with Gasteiger partial charge in [0, 0.05) is 48.4 Å². The van der Waals surface area contributed by atoms with Crippen molar-refractivity contribution in [2.75, 3.05) is 31.1 Å². The van der Waals surface area contributed by atoms with Crippen molar-refractivity contribution >= 4 is 59.7 Å². The lowest BCUT2D eigenvalue weighted by Crippen LogP contribution is -2.48. The number of piperazine rings is 1. The van der Waals surface area contributed by atoms with E-state index in [9.17, 15) is 14.9 Å². The number of nitro groups is 1. The minimum Gasteiger partial charge on any atom is -0.345 e. The normalized spacial score (nSPS) is 14.5. The van der Waals surface area contributed by atoms with Crippen LogP contribution in [0.25, 0.3) is 20.3 Å². The summed E-state index contributed by atoms with van der Waals surface area (Å²) in [5, 5.41) is 12.7. The van der Waals surface area contributed by atoms with Crippen molar-refractivity contribution in [3.63, 3.8) is 0 Å². The summed E-state index contributed by atoms with van der Waals surface area (Å²) in [6, 6.07) is 12.8. The van der Waals surface area contributed by atoms with Gasteiger partial charge in [0.2, 0.25) is 0 Å². The van der Waals surface area contributed by atoms with Crippen molar-refractivity contribution in [2.24, 2.45) is 0 Å². The molecule has 2 aromatic heterocycles. The van der Waals surface area contributed by atoms with Crippen molar-refractivity contribution in [1.29, 1.82) is 0 Å². The fourth-order valence-corrected chi connectivity index (χ4v) is 6.00. The molecule has 1 aliphatic heterocycles. The first-order valence-electron chi connectivity index (χ1n) is 10.1. The van der Waals surface area contributed by atoms with Gasteiger partial charge in [-0.1, -0.05) is 30.4 Å². The number of para-hydroxylation sites is 1. The van der Waals surface area contributed by atoms with E-state index >= 15 is 0 Å². The van der Waals surface area contributed by atoms with Gasteiger partial charge in [0.25, 0.3) is 11.6 Å². The van der Waals surface area contributed by atoms with Gasteiger partial charge in [0.1, 0.15) is 0 Å². The van der Waals surface area contributed by atoms with Crippen LogP contribution in [0, 0.1) is 10.1 Å². The molecule has 0 bridgehead atoms. The number of carbonyl (C=O) groups is 1. The van der Waals surface area contributed by atoms with Crippen LogP contribution >= 0.6 is 22.7 Å². The lowest BCUT2D eigenvalue weighted by molar-refractivity contribution is -0.384. The van der Waals surface area contributed by atoms with Crippen LogP contribution in [0.15, 0.2) is 42.5 Å². The summed E-state index contributed by atoms with van der Waals surface area (Å²) in [7, 11) is 0. The van der Waals surface area contributed by atoms with Crippen LogP contribution in [0.5, 0.6) is 0 Å². The molecule has 1 saturated heterocycles. The number of fused-ring (bicyclic) bond motifs is 2. The molecule has 3 heterocycles. The predicted molar refractivity (Wildman–Crippen MR) is 126 cm³/mol. The third kappa shape index (κ3) is 3.64. The van der Waals surface area contributed by atoms with Gasteiger partial charge in [-0.15, -0.1) is 11.3 Å². The Hall–Kier alpha value is -3.04. The standard InChI is InChI=1S/C22H20N4O3S2/c1-2-14-4-3-5-18-20(14)23-22(31-18)25-10-8-24(9-11-25)21(27)19-13-15-12-16(26(28)29)6-7-17(15)30-19/h3-7,12-13H,2,8-11H2,1H3. The highest BCUT2D eigenvalue weighted by atomic mass is 32.1. The van der Waals surface area contributed by atoms with Crippen LogP contribution in [-0.2, 0) is 6.42 Å². The molecule has 5 rings (SSSR count). The predicted octanol–water partition coefficient (Wildman–Crippen LogP) is 4.94. The maximum atomic E-state index is 13.0. The molecule has 0 aliphatic carbocycles. The molecule has 0 radical (unpaired) electrons. The molecule has 0 N–H and O–H groups in total. The van der Waals surface area contributed by atoms with Crippen molar-refractivity contribution in [3.8, 4) is 0 Å². The summed E-state index contributed by atoms with van der Waals surface area (Å²) in [5.74, 6) is -0.0129. The van der Waals surface area contributed by atoms with Crippen molar-refractivity contribution in [3.05, 3.63) is 63.0 Å². The molecule has 0 spiro atoms. The van der Waals surface area contributed by atoms with E-state index < -0.39 is 4.92 Å². The van der Waals surface area contributed by atoms with E-state index in [0.29, 0.717) is 18.0 Å². The minimum absolute atomic E-state index is 0.0129. The Morgan fingerprint density at radius 3 is 2.65 bits per heavy atom. The number of non-ortho nitro benzene ring substituents is 1. The smallest absolute Gasteiger partial charge is 0.270 e. The van der Waals surface area contributed by atoms with E-state index in [2.05, 4.69) is 30.0 Å². The molecule has 1 aliphatic rings. The first-order chi connectivity index (χ1) is 15.0. The number of nitrogens with zero attached hydrogens (tertiary/aromatic N) is 4. The van der Waals surface area contributed by atoms with Crippen molar-refractivity contribution in [1.82, 2.24) is 9.88 Å². The van der Waals surface area contributed by atoms with E-state index in [4.69, 9.17) is 4.98 Å². The number of hydrogen-bond donors (Lipinski definition) is 0. The Balaban J connectivity index is 1.30. The highest BCUT2D eigenvalue weighted by Crippen LogP contribution is 2.33. The number of aryl methyl sites for hydroxylation is 1. The Morgan fingerprint density at radius 2 is 1.90 bits per heavy atom. The summed E-state index contributed by atoms with van der Waals surface area (Å²) < 4.78 is 2.08. The van der Waals surface area contributed by atoms with Gasteiger partial charge >= 0.3 is 0 Å². The second-order valence-electron chi connectivity index (χ2n) is 7.48. The number of carbonyl (C=O) groups excluding carboxylic acids is 1. The SMILES string of the molecule is CCc1cccc2sc(N3CCN(C(=O)c4cc5cc([N+](=O)[O-])ccc5s4)CC3)nc12. The number of aromatic nitrogens is 1. The summed E-state index contributed by atoms with van der Waals surface area (Å²) in [6.07, 6.45) is 0.959. The van der Waals surface area contributed by atoms with Crippen LogP contribution in [0.1, 0.15) is 22.2 Å². The zero-order valence-electron chi connectivity index (χ0n) is 16.9. The first-order valence-corrected chi connectivity index (χ1v) is 11.8. The molecule has 7 nitrogen and oxygen atoms in total. The molecule has 158 valence electrons. The molecule has 0 saturated carbocycles. The van der Waals surface area contributed by atoms with Crippen molar-refractivity contribution < 1.29 is 9.72 Å². The van der Waals surface area contributed by atoms with Crippen LogP contribution in [0.4, 0.5) is 10.8 Å². The molecule has 2 aromatic carbocycles. The molecule has 0 unspecified atom stereocenters. The summed E-state index contributed by atoms with van der Waals surface area (Å²) in [4.78, 5) is 33.2. The molecule has 1 amide bonds.